The van der Waals surface area contributed by atoms with Crippen LogP contribution in [0.25, 0.3) is 0 Å². The van der Waals surface area contributed by atoms with E-state index in [9.17, 15) is 4.79 Å². The highest BCUT2D eigenvalue weighted by atomic mass is 32.1. The molecule has 1 fully saturated rings. The van der Waals surface area contributed by atoms with E-state index in [0.717, 1.165) is 17.8 Å². The van der Waals surface area contributed by atoms with E-state index in [2.05, 4.69) is 5.32 Å². The predicted octanol–water partition coefficient (Wildman–Crippen LogP) is 3.26. The lowest BCUT2D eigenvalue weighted by Gasteiger charge is -2.27. The van der Waals surface area contributed by atoms with Gasteiger partial charge in [-0.15, -0.1) is 11.3 Å². The van der Waals surface area contributed by atoms with Crippen molar-refractivity contribution < 1.29 is 14.3 Å². The summed E-state index contributed by atoms with van der Waals surface area (Å²) in [6.45, 7) is 5.99. The number of nitrogens with one attached hydrogen (secondary N) is 1. The average Bonchev–Trinajstić information content (AvgIpc) is 2.62. The number of nitrogen functional groups attached to an aromatic ring is 1. The molecule has 20 heavy (non-hydrogen) atoms. The van der Waals surface area contributed by atoms with Crippen LogP contribution in [0.1, 0.15) is 49.7 Å². The molecule has 1 aromatic rings. The fraction of sp³-hybridized carbons (Fsp3) is 0.643. The third-order valence-electron chi connectivity index (χ3n) is 3.15. The van der Waals surface area contributed by atoms with Gasteiger partial charge in [-0.3, -0.25) is 0 Å². The minimum Gasteiger partial charge on any atom is -0.486 e. The number of anilines is 2. The normalized spacial score (nSPS) is 15.0. The van der Waals surface area contributed by atoms with Crippen molar-refractivity contribution in [2.24, 2.45) is 0 Å². The maximum absolute atomic E-state index is 11.9. The topological polar surface area (TPSA) is 73.6 Å². The molecular formula is C14H22N2O3S. The third kappa shape index (κ3) is 3.17. The lowest BCUT2D eigenvalue weighted by Crippen LogP contribution is -2.26. The van der Waals surface area contributed by atoms with Crippen molar-refractivity contribution in [3.8, 4) is 5.75 Å². The van der Waals surface area contributed by atoms with Gasteiger partial charge in [0, 0.05) is 6.04 Å². The molecule has 1 saturated carbocycles. The molecule has 0 aliphatic heterocycles. The Morgan fingerprint density at radius 3 is 2.70 bits per heavy atom. The fourth-order valence-electron chi connectivity index (χ4n) is 1.96. The Morgan fingerprint density at radius 2 is 2.20 bits per heavy atom. The van der Waals surface area contributed by atoms with Gasteiger partial charge in [-0.2, -0.15) is 0 Å². The van der Waals surface area contributed by atoms with Gasteiger partial charge in [0.25, 0.3) is 0 Å². The number of thiophene rings is 1. The van der Waals surface area contributed by atoms with Gasteiger partial charge in [0.1, 0.15) is 15.6 Å². The summed E-state index contributed by atoms with van der Waals surface area (Å²) in [5.74, 6) is 0.199. The monoisotopic (exact) mass is 298 g/mol. The first-order valence-electron chi connectivity index (χ1n) is 7.05. The maximum atomic E-state index is 11.9. The lowest BCUT2D eigenvalue weighted by atomic mass is 9.93. The molecular weight excluding hydrogens is 276 g/mol. The Kier molecular flexibility index (Phi) is 4.75. The number of hydrogen-bond donors (Lipinski definition) is 2. The second-order valence-corrected chi connectivity index (χ2v) is 6.18. The first kappa shape index (κ1) is 15.0. The number of carbonyl (C=O) groups excluding carboxylic acids is 1. The van der Waals surface area contributed by atoms with Gasteiger partial charge < -0.3 is 20.5 Å². The first-order valence-corrected chi connectivity index (χ1v) is 7.87. The van der Waals surface area contributed by atoms with E-state index in [1.165, 1.54) is 17.8 Å². The first-order chi connectivity index (χ1) is 9.52. The van der Waals surface area contributed by atoms with E-state index in [4.69, 9.17) is 15.2 Å². The molecule has 3 N–H and O–H groups in total. The van der Waals surface area contributed by atoms with Gasteiger partial charge in [-0.25, -0.2) is 4.79 Å². The second kappa shape index (κ2) is 6.35. The van der Waals surface area contributed by atoms with Crippen molar-refractivity contribution in [3.05, 3.63) is 4.88 Å². The van der Waals surface area contributed by atoms with Gasteiger partial charge in [0.15, 0.2) is 5.75 Å². The highest BCUT2D eigenvalue weighted by molar-refractivity contribution is 7.19. The van der Waals surface area contributed by atoms with Crippen LogP contribution in [0.5, 0.6) is 5.75 Å². The van der Waals surface area contributed by atoms with Gasteiger partial charge in [0.2, 0.25) is 0 Å². The average molecular weight is 298 g/mol. The van der Waals surface area contributed by atoms with E-state index < -0.39 is 0 Å². The summed E-state index contributed by atoms with van der Waals surface area (Å²) in [5, 5.41) is 4.25. The molecule has 0 radical (unpaired) electrons. The van der Waals surface area contributed by atoms with Crippen LogP contribution in [0.4, 0.5) is 10.7 Å². The summed E-state index contributed by atoms with van der Waals surface area (Å²) >= 11 is 1.32. The van der Waals surface area contributed by atoms with E-state index >= 15 is 0 Å². The van der Waals surface area contributed by atoms with E-state index in [-0.39, 0.29) is 12.1 Å². The smallest absolute Gasteiger partial charge is 0.350 e. The molecule has 1 aliphatic carbocycles. The van der Waals surface area contributed by atoms with Crippen molar-refractivity contribution in [1.29, 1.82) is 0 Å². The second-order valence-electron chi connectivity index (χ2n) is 5.16. The number of nitrogens with two attached hydrogens (primary N) is 1. The SMILES string of the molecule is CCOC(=O)c1sc(NC2CCC2)c(OC(C)C)c1N. The molecule has 0 unspecified atom stereocenters. The van der Waals surface area contributed by atoms with Crippen LogP contribution in [0.2, 0.25) is 0 Å². The molecule has 1 aliphatic rings. The zero-order valence-electron chi connectivity index (χ0n) is 12.2. The van der Waals surface area contributed by atoms with Crippen LogP contribution in [-0.4, -0.2) is 24.7 Å². The Morgan fingerprint density at radius 1 is 1.50 bits per heavy atom. The third-order valence-corrected chi connectivity index (χ3v) is 4.25. The van der Waals surface area contributed by atoms with Crippen molar-refractivity contribution in [1.82, 2.24) is 0 Å². The van der Waals surface area contributed by atoms with Crippen molar-refractivity contribution in [2.45, 2.75) is 52.2 Å². The number of carbonyl (C=O) groups is 1. The predicted molar refractivity (Wildman–Crippen MR) is 81.7 cm³/mol. The number of ether oxygens (including phenoxy) is 2. The molecule has 0 saturated heterocycles. The minimum atomic E-state index is -0.384. The summed E-state index contributed by atoms with van der Waals surface area (Å²) in [5.41, 5.74) is 6.44. The van der Waals surface area contributed by atoms with Gasteiger partial charge in [-0.1, -0.05) is 0 Å². The molecule has 0 spiro atoms. The summed E-state index contributed by atoms with van der Waals surface area (Å²) < 4.78 is 10.8. The van der Waals surface area contributed by atoms with Crippen LogP contribution in [-0.2, 0) is 4.74 Å². The molecule has 5 nitrogen and oxygen atoms in total. The van der Waals surface area contributed by atoms with Gasteiger partial charge in [0.05, 0.1) is 12.7 Å². The van der Waals surface area contributed by atoms with Crippen molar-refractivity contribution in [3.63, 3.8) is 0 Å². The lowest BCUT2D eigenvalue weighted by molar-refractivity contribution is 0.0533. The largest absolute Gasteiger partial charge is 0.486 e. The van der Waals surface area contributed by atoms with Crippen molar-refractivity contribution >= 4 is 28.0 Å². The fourth-order valence-corrected chi connectivity index (χ4v) is 2.99. The highest BCUT2D eigenvalue weighted by Crippen LogP contribution is 2.44. The van der Waals surface area contributed by atoms with E-state index in [0.29, 0.717) is 29.0 Å². The number of hydrogen-bond acceptors (Lipinski definition) is 6. The molecule has 6 heteroatoms. The molecule has 0 atom stereocenters. The molecule has 1 heterocycles. The zero-order valence-corrected chi connectivity index (χ0v) is 13.0. The van der Waals surface area contributed by atoms with Crippen LogP contribution < -0.4 is 15.8 Å². The Bertz CT molecular complexity index is 481. The Hall–Kier alpha value is -1.43. The standard InChI is InChI=1S/C14H22N2O3S/c1-4-18-14(17)12-10(15)11(19-8(2)3)13(20-12)16-9-6-5-7-9/h8-9,16H,4-7,15H2,1-3H3. The molecule has 1 aromatic heterocycles. The molecule has 0 aromatic carbocycles. The molecule has 0 amide bonds. The quantitative estimate of drug-likeness (QED) is 0.789. The highest BCUT2D eigenvalue weighted by Gasteiger charge is 2.27. The Balaban J connectivity index is 2.26. The molecule has 112 valence electrons. The van der Waals surface area contributed by atoms with Crippen LogP contribution in [0, 0.1) is 0 Å². The van der Waals surface area contributed by atoms with Crippen LogP contribution in [0.3, 0.4) is 0 Å². The van der Waals surface area contributed by atoms with Crippen LogP contribution >= 0.6 is 11.3 Å². The number of esters is 1. The minimum absolute atomic E-state index is 0.00360. The summed E-state index contributed by atoms with van der Waals surface area (Å²) in [7, 11) is 0. The summed E-state index contributed by atoms with van der Waals surface area (Å²) in [6.07, 6.45) is 3.54. The maximum Gasteiger partial charge on any atom is 0.350 e. The van der Waals surface area contributed by atoms with Crippen LogP contribution in [0.15, 0.2) is 0 Å². The summed E-state index contributed by atoms with van der Waals surface area (Å²) in [4.78, 5) is 12.3. The van der Waals surface area contributed by atoms with Gasteiger partial charge >= 0.3 is 5.97 Å². The summed E-state index contributed by atoms with van der Waals surface area (Å²) in [6, 6.07) is 0.456. The van der Waals surface area contributed by atoms with E-state index in [1.54, 1.807) is 6.92 Å². The molecule has 2 rings (SSSR count). The van der Waals surface area contributed by atoms with Gasteiger partial charge in [-0.05, 0) is 40.0 Å². The zero-order chi connectivity index (χ0) is 14.7. The molecule has 0 bridgehead atoms. The number of rotatable bonds is 6. The van der Waals surface area contributed by atoms with E-state index in [1.807, 2.05) is 13.8 Å². The van der Waals surface area contributed by atoms with Crippen molar-refractivity contribution in [2.75, 3.05) is 17.7 Å². The Labute approximate surface area is 123 Å².